The number of nitriles is 1. The van der Waals surface area contributed by atoms with Crippen LogP contribution in [0.25, 0.3) is 0 Å². The molecule has 1 unspecified atom stereocenters. The molecule has 4 nitrogen and oxygen atoms in total. The minimum atomic E-state index is -0.325. The topological polar surface area (TPSA) is 47.3 Å². The van der Waals surface area contributed by atoms with E-state index in [-0.39, 0.29) is 23.9 Å². The Bertz CT molecular complexity index is 330. The summed E-state index contributed by atoms with van der Waals surface area (Å²) in [6, 6.07) is 1.76. The highest BCUT2D eigenvalue weighted by Gasteiger charge is 2.42. The monoisotopic (exact) mass is 221 g/mol. The molecular formula is C12H19N3O. The van der Waals surface area contributed by atoms with E-state index >= 15 is 0 Å². The number of hydrogen-bond acceptors (Lipinski definition) is 3. The van der Waals surface area contributed by atoms with Gasteiger partial charge in [-0.15, -0.1) is 6.58 Å². The number of hydrogen-bond donors (Lipinski definition) is 0. The van der Waals surface area contributed by atoms with Gasteiger partial charge in [-0.2, -0.15) is 5.26 Å². The minimum Gasteiger partial charge on any atom is -0.336 e. The van der Waals surface area contributed by atoms with E-state index in [1.807, 2.05) is 11.9 Å². The van der Waals surface area contributed by atoms with E-state index in [9.17, 15) is 4.79 Å². The summed E-state index contributed by atoms with van der Waals surface area (Å²) in [5, 5.41) is 8.77. The molecule has 0 spiro atoms. The van der Waals surface area contributed by atoms with Crippen molar-refractivity contribution in [3.63, 3.8) is 0 Å². The lowest BCUT2D eigenvalue weighted by Crippen LogP contribution is -2.65. The van der Waals surface area contributed by atoms with Crippen molar-refractivity contribution in [1.82, 2.24) is 9.80 Å². The zero-order valence-electron chi connectivity index (χ0n) is 10.2. The highest BCUT2D eigenvalue weighted by atomic mass is 16.2. The van der Waals surface area contributed by atoms with Crippen LogP contribution >= 0.6 is 0 Å². The molecule has 0 bridgehead atoms. The highest BCUT2D eigenvalue weighted by Crippen LogP contribution is 2.25. The summed E-state index contributed by atoms with van der Waals surface area (Å²) in [6.07, 6.45) is 1.97. The van der Waals surface area contributed by atoms with Crippen molar-refractivity contribution in [3.8, 4) is 6.07 Å². The molecule has 4 heteroatoms. The molecular weight excluding hydrogens is 202 g/mol. The number of nitrogens with zero attached hydrogens (tertiary/aromatic N) is 3. The van der Waals surface area contributed by atoms with E-state index in [0.717, 1.165) is 0 Å². The molecule has 1 heterocycles. The highest BCUT2D eigenvalue weighted by molar-refractivity contribution is 5.83. The normalized spacial score (nSPS) is 25.2. The molecule has 0 radical (unpaired) electrons. The molecule has 0 aliphatic carbocycles. The third-order valence-corrected chi connectivity index (χ3v) is 3.23. The van der Waals surface area contributed by atoms with E-state index in [2.05, 4.69) is 26.5 Å². The summed E-state index contributed by atoms with van der Waals surface area (Å²) < 4.78 is 0. The third kappa shape index (κ3) is 2.25. The minimum absolute atomic E-state index is 0.0308. The fourth-order valence-electron chi connectivity index (χ4n) is 2.08. The lowest BCUT2D eigenvalue weighted by Gasteiger charge is -2.48. The van der Waals surface area contributed by atoms with E-state index in [4.69, 9.17) is 5.26 Å². The van der Waals surface area contributed by atoms with Gasteiger partial charge in [-0.05, 0) is 20.9 Å². The maximum atomic E-state index is 12.1. The van der Waals surface area contributed by atoms with Crippen molar-refractivity contribution in [3.05, 3.63) is 12.7 Å². The fraction of sp³-hybridized carbons (Fsp3) is 0.667. The molecule has 1 saturated heterocycles. The molecule has 1 aliphatic rings. The van der Waals surface area contributed by atoms with Gasteiger partial charge in [0, 0.05) is 18.6 Å². The average Bonchev–Trinajstić information content (AvgIpc) is 2.21. The van der Waals surface area contributed by atoms with Gasteiger partial charge >= 0.3 is 0 Å². The first kappa shape index (κ1) is 12.7. The van der Waals surface area contributed by atoms with Crippen LogP contribution in [-0.2, 0) is 4.79 Å². The Hall–Kier alpha value is -1.34. The summed E-state index contributed by atoms with van der Waals surface area (Å²) in [5.41, 5.74) is -0.0988. The smallest absolute Gasteiger partial charge is 0.241 e. The zero-order chi connectivity index (χ0) is 12.3. The van der Waals surface area contributed by atoms with Crippen LogP contribution in [0.3, 0.4) is 0 Å². The van der Waals surface area contributed by atoms with Crippen molar-refractivity contribution < 1.29 is 4.79 Å². The number of carbonyl (C=O) groups is 1. The molecule has 1 atom stereocenters. The van der Waals surface area contributed by atoms with Crippen LogP contribution in [0.2, 0.25) is 0 Å². The van der Waals surface area contributed by atoms with Crippen molar-refractivity contribution in [2.24, 2.45) is 0 Å². The van der Waals surface area contributed by atoms with Gasteiger partial charge in [0.1, 0.15) is 6.04 Å². The number of amides is 1. The molecule has 1 amide bonds. The van der Waals surface area contributed by atoms with Crippen LogP contribution in [0, 0.1) is 11.3 Å². The van der Waals surface area contributed by atoms with Gasteiger partial charge in [0.2, 0.25) is 5.91 Å². The largest absolute Gasteiger partial charge is 0.336 e. The second-order valence-electron chi connectivity index (χ2n) is 4.81. The Morgan fingerprint density at radius 3 is 2.81 bits per heavy atom. The standard InChI is InChI=1S/C12H19N3O/c1-5-8-15-9-12(2,3)14(4)10(6-7-13)11(15)16/h5,10H,1,6,8-9H2,2-4H3. The molecule has 16 heavy (non-hydrogen) atoms. The maximum Gasteiger partial charge on any atom is 0.241 e. The van der Waals surface area contributed by atoms with Gasteiger partial charge in [-0.25, -0.2) is 0 Å². The van der Waals surface area contributed by atoms with Gasteiger partial charge in [0.25, 0.3) is 0 Å². The number of carbonyl (C=O) groups excluding carboxylic acids is 1. The Labute approximate surface area is 97.1 Å². The van der Waals surface area contributed by atoms with E-state index in [1.165, 1.54) is 0 Å². The van der Waals surface area contributed by atoms with Crippen molar-refractivity contribution in [1.29, 1.82) is 5.26 Å². The first-order chi connectivity index (χ1) is 7.44. The van der Waals surface area contributed by atoms with Crippen molar-refractivity contribution >= 4 is 5.91 Å². The third-order valence-electron chi connectivity index (χ3n) is 3.23. The molecule has 1 aliphatic heterocycles. The van der Waals surface area contributed by atoms with E-state index in [1.54, 1.807) is 11.0 Å². The molecule has 0 N–H and O–H groups in total. The Morgan fingerprint density at radius 1 is 1.69 bits per heavy atom. The predicted octanol–water partition coefficient (Wildman–Crippen LogP) is 1.01. The van der Waals surface area contributed by atoms with Crippen LogP contribution in [0.1, 0.15) is 20.3 Å². The molecule has 1 fully saturated rings. The lowest BCUT2D eigenvalue weighted by atomic mass is 9.94. The van der Waals surface area contributed by atoms with Crippen LogP contribution in [-0.4, -0.2) is 47.4 Å². The Balaban J connectivity index is 2.94. The van der Waals surface area contributed by atoms with Crippen LogP contribution in [0.15, 0.2) is 12.7 Å². The second-order valence-corrected chi connectivity index (χ2v) is 4.81. The van der Waals surface area contributed by atoms with Crippen LogP contribution in [0.4, 0.5) is 0 Å². The molecule has 0 saturated carbocycles. The quantitative estimate of drug-likeness (QED) is 0.668. The van der Waals surface area contributed by atoms with E-state index in [0.29, 0.717) is 13.1 Å². The van der Waals surface area contributed by atoms with Gasteiger partial charge in [-0.1, -0.05) is 6.08 Å². The Morgan fingerprint density at radius 2 is 2.31 bits per heavy atom. The summed E-state index contributed by atoms with van der Waals surface area (Å²) in [6.45, 7) is 9.05. The first-order valence-corrected chi connectivity index (χ1v) is 5.43. The van der Waals surface area contributed by atoms with E-state index < -0.39 is 0 Å². The summed E-state index contributed by atoms with van der Waals surface area (Å²) in [7, 11) is 1.91. The molecule has 88 valence electrons. The SMILES string of the molecule is C=CCN1CC(C)(C)N(C)C(CC#N)C1=O. The molecule has 0 aromatic carbocycles. The van der Waals surface area contributed by atoms with Gasteiger partial charge in [0.05, 0.1) is 12.5 Å². The van der Waals surface area contributed by atoms with Crippen LogP contribution in [0.5, 0.6) is 0 Å². The second kappa shape index (κ2) is 4.67. The molecule has 0 aromatic rings. The Kier molecular flexibility index (Phi) is 3.71. The maximum absolute atomic E-state index is 12.1. The first-order valence-electron chi connectivity index (χ1n) is 5.43. The van der Waals surface area contributed by atoms with Gasteiger partial charge < -0.3 is 4.90 Å². The molecule has 0 aromatic heterocycles. The zero-order valence-corrected chi connectivity index (χ0v) is 10.2. The van der Waals surface area contributed by atoms with Gasteiger partial charge in [0.15, 0.2) is 0 Å². The predicted molar refractivity (Wildman–Crippen MR) is 62.6 cm³/mol. The number of rotatable bonds is 3. The number of likely N-dealkylation sites (N-methyl/N-ethyl adjacent to an activating group) is 1. The summed E-state index contributed by atoms with van der Waals surface area (Å²) in [4.78, 5) is 15.9. The van der Waals surface area contributed by atoms with Crippen molar-refractivity contribution in [2.75, 3.05) is 20.1 Å². The summed E-state index contributed by atoms with van der Waals surface area (Å²) >= 11 is 0. The average molecular weight is 221 g/mol. The summed E-state index contributed by atoms with van der Waals surface area (Å²) in [5.74, 6) is 0.0308. The van der Waals surface area contributed by atoms with Crippen molar-refractivity contribution in [2.45, 2.75) is 31.8 Å². The molecule has 1 rings (SSSR count). The number of piperazine rings is 1. The lowest BCUT2D eigenvalue weighted by molar-refractivity contribution is -0.147. The fourth-order valence-corrected chi connectivity index (χ4v) is 2.08. The van der Waals surface area contributed by atoms with Crippen LogP contribution < -0.4 is 0 Å². The van der Waals surface area contributed by atoms with Gasteiger partial charge in [-0.3, -0.25) is 9.69 Å².